The molecule has 0 unspecified atom stereocenters. The lowest BCUT2D eigenvalue weighted by Gasteiger charge is -2.48. The summed E-state index contributed by atoms with van der Waals surface area (Å²) in [5.74, 6) is 0. The van der Waals surface area contributed by atoms with Crippen LogP contribution in [0, 0.1) is 0 Å². The summed E-state index contributed by atoms with van der Waals surface area (Å²) in [5.41, 5.74) is 13.9. The second-order valence-electron chi connectivity index (χ2n) is 24.8. The zero-order valence-electron chi connectivity index (χ0n) is 50.2. The van der Waals surface area contributed by atoms with Crippen molar-refractivity contribution < 1.29 is 0 Å². The average Bonchev–Trinajstić information content (AvgIpc) is 0.803. The molecule has 0 spiro atoms. The van der Waals surface area contributed by atoms with Gasteiger partial charge in [-0.25, -0.2) is 0 Å². The number of anilines is 3. The topological polar surface area (TPSA) is 8.17 Å². The van der Waals surface area contributed by atoms with Crippen molar-refractivity contribution in [2.45, 2.75) is 38.5 Å². The molecule has 0 bridgehead atoms. The van der Waals surface area contributed by atoms with Gasteiger partial charge in [0.05, 0.1) is 11.0 Å². The lowest BCUT2D eigenvalue weighted by Crippen LogP contribution is -2.93. The van der Waals surface area contributed by atoms with E-state index in [-0.39, 0.29) is 10.8 Å². The Kier molecular flexibility index (Phi) is 13.6. The Morgan fingerprint density at radius 1 is 0.261 bits per heavy atom. The van der Waals surface area contributed by atoms with Crippen LogP contribution in [0.15, 0.2) is 340 Å². The normalized spacial score (nSPS) is 13.4. The van der Waals surface area contributed by atoms with Gasteiger partial charge < -0.3 is 9.47 Å². The third-order valence-electron chi connectivity index (χ3n) is 19.4. The van der Waals surface area contributed by atoms with Crippen LogP contribution in [-0.2, 0) is 10.8 Å². The first-order valence-corrected chi connectivity index (χ1v) is 34.9. The average molecular weight is 1160 g/mol. The highest BCUT2D eigenvalue weighted by Crippen LogP contribution is 2.43. The van der Waals surface area contributed by atoms with Crippen molar-refractivity contribution in [1.29, 1.82) is 0 Å². The lowest BCUT2D eigenvalue weighted by atomic mass is 9.78. The van der Waals surface area contributed by atoms with E-state index in [0.717, 1.165) is 33.8 Å². The van der Waals surface area contributed by atoms with Gasteiger partial charge in [-0.15, -0.1) is 0 Å². The quantitative estimate of drug-likeness (QED) is 0.104. The van der Waals surface area contributed by atoms with E-state index in [1.54, 1.807) is 0 Å². The largest absolute Gasteiger partial charge is 0.310 e. The first-order chi connectivity index (χ1) is 43.2. The maximum absolute atomic E-state index is 3.02. The van der Waals surface area contributed by atoms with Gasteiger partial charge in [-0.3, -0.25) is 0 Å². The van der Waals surface area contributed by atoms with Gasteiger partial charge in [0.15, 0.2) is 16.1 Å². The molecule has 0 aliphatic carbocycles. The van der Waals surface area contributed by atoms with Crippen LogP contribution >= 0.6 is 0 Å². The number of nitrogens with zero attached hydrogens (tertiary/aromatic N) is 2. The second kappa shape index (κ2) is 22.0. The molecular formula is C84H68N2Si2. The van der Waals surface area contributed by atoms with Crippen molar-refractivity contribution in [3.05, 3.63) is 362 Å². The molecule has 4 heteroatoms. The molecule has 0 fully saturated rings. The first-order valence-electron chi connectivity index (χ1n) is 30.9. The van der Waals surface area contributed by atoms with E-state index < -0.39 is 16.1 Å². The molecule has 88 heavy (non-hydrogen) atoms. The molecule has 13 aromatic carbocycles. The van der Waals surface area contributed by atoms with Gasteiger partial charge >= 0.3 is 0 Å². The Hall–Kier alpha value is -10.1. The molecule has 422 valence electrons. The number of hydrogen-bond acceptors (Lipinski definition) is 1. The summed E-state index contributed by atoms with van der Waals surface area (Å²) in [4.78, 5) is 2.44. The summed E-state index contributed by atoms with van der Waals surface area (Å²) in [7, 11) is -5.87. The minimum Gasteiger partial charge on any atom is -0.310 e. The molecule has 0 saturated carbocycles. The molecule has 0 saturated heterocycles. The number of benzene rings is 13. The van der Waals surface area contributed by atoms with Gasteiger partial charge in [0, 0.05) is 44.4 Å². The molecular weight excluding hydrogens is 1090 g/mol. The Bertz CT molecular complexity index is 4610. The molecule has 14 aromatic rings. The fraction of sp³-hybridized carbons (Fsp3) is 0.0714. The molecule has 0 radical (unpaired) electrons. The monoisotopic (exact) mass is 1160 g/mol. The summed E-state index contributed by atoms with van der Waals surface area (Å²) in [6.07, 6.45) is 0. The van der Waals surface area contributed by atoms with Gasteiger partial charge in [-0.2, -0.15) is 0 Å². The van der Waals surface area contributed by atoms with Crippen LogP contribution in [0.1, 0.15) is 49.9 Å². The standard InChI is InChI=1S/C84H68N2Si2/c1-83(2,63-29-13-6-14-30-63)65-44-48-67(49-45-65)85(68-50-46-66(47-51-68)84(3,4)64-31-15-7-16-32-64)70-54-58-78-76(60-70)75-59-62(61-27-11-5-12-28-61)43-57-77(75)86(78)69-52-55-74(56-53-69)88(73-37-21-10-22-38-73)81-41-25-23-39-79(81)87(71-33-17-8-18-34-71,72-35-19-9-20-36-72)80-40-24-26-42-82(80)88/h5-60H,1-4H3. The van der Waals surface area contributed by atoms with Crippen LogP contribution in [0.4, 0.5) is 17.1 Å². The smallest absolute Gasteiger partial charge is 0.179 e. The number of rotatable bonds is 13. The summed E-state index contributed by atoms with van der Waals surface area (Å²) in [6.45, 7) is 9.29. The van der Waals surface area contributed by atoms with Gasteiger partial charge in [-0.05, 0) is 142 Å². The molecule has 1 aliphatic rings. The molecule has 1 aliphatic heterocycles. The van der Waals surface area contributed by atoms with Crippen molar-refractivity contribution in [2.24, 2.45) is 0 Å². The molecule has 0 N–H and O–H groups in total. The van der Waals surface area contributed by atoms with Gasteiger partial charge in [-0.1, -0.05) is 301 Å². The van der Waals surface area contributed by atoms with Crippen LogP contribution in [0.25, 0.3) is 38.6 Å². The summed E-state index contributed by atoms with van der Waals surface area (Å²) in [5, 5.41) is 13.9. The number of aromatic nitrogens is 1. The van der Waals surface area contributed by atoms with Crippen molar-refractivity contribution in [2.75, 3.05) is 4.90 Å². The Labute approximate surface area is 520 Å². The van der Waals surface area contributed by atoms with E-state index in [9.17, 15) is 0 Å². The predicted molar refractivity (Wildman–Crippen MR) is 379 cm³/mol. The third kappa shape index (κ3) is 8.80. The van der Waals surface area contributed by atoms with E-state index in [1.807, 2.05) is 0 Å². The van der Waals surface area contributed by atoms with Crippen LogP contribution in [0.5, 0.6) is 0 Å². The maximum Gasteiger partial charge on any atom is 0.179 e. The molecule has 2 nitrogen and oxygen atoms in total. The minimum atomic E-state index is -3.02. The summed E-state index contributed by atoms with van der Waals surface area (Å²) in [6, 6.07) is 128. The highest BCUT2D eigenvalue weighted by Gasteiger charge is 2.56. The minimum absolute atomic E-state index is 0.182. The van der Waals surface area contributed by atoms with Crippen LogP contribution in [-0.4, -0.2) is 20.7 Å². The predicted octanol–water partition coefficient (Wildman–Crippen LogP) is 15.6. The Morgan fingerprint density at radius 2 is 0.580 bits per heavy atom. The summed E-state index contributed by atoms with van der Waals surface area (Å²) >= 11 is 0. The fourth-order valence-electron chi connectivity index (χ4n) is 14.8. The van der Waals surface area contributed by atoms with Gasteiger partial charge in [0.1, 0.15) is 0 Å². The molecule has 0 amide bonds. The van der Waals surface area contributed by atoms with Crippen molar-refractivity contribution >= 4 is 96.5 Å². The van der Waals surface area contributed by atoms with Crippen molar-refractivity contribution in [3.63, 3.8) is 0 Å². The third-order valence-corrected chi connectivity index (χ3v) is 29.7. The van der Waals surface area contributed by atoms with E-state index in [1.165, 1.54) is 85.6 Å². The Morgan fingerprint density at radius 3 is 0.989 bits per heavy atom. The highest BCUT2D eigenvalue weighted by molar-refractivity contribution is 7.32. The van der Waals surface area contributed by atoms with Crippen molar-refractivity contribution in [1.82, 2.24) is 4.57 Å². The second-order valence-corrected chi connectivity index (χ2v) is 32.2. The lowest BCUT2D eigenvalue weighted by molar-refractivity contribution is 0.641. The fourth-order valence-corrected chi connectivity index (χ4v) is 26.9. The van der Waals surface area contributed by atoms with E-state index in [2.05, 4.69) is 377 Å². The number of hydrogen-bond donors (Lipinski definition) is 0. The van der Waals surface area contributed by atoms with Crippen LogP contribution < -0.4 is 46.4 Å². The SMILES string of the molecule is CC(C)(c1ccccc1)c1ccc(N(c2ccc(C(C)(C)c3ccccc3)cc2)c2ccc3c(c2)c2cc(-c4ccccc4)ccc2n3-c2ccc([Si]3(c4ccccc4)c4ccccc4[Si](c4ccccc4)(c4ccccc4)c4ccccc43)cc2)cc1. The van der Waals surface area contributed by atoms with Gasteiger partial charge in [0.2, 0.25) is 0 Å². The molecule has 0 atom stereocenters. The first kappa shape index (κ1) is 54.5. The van der Waals surface area contributed by atoms with Gasteiger partial charge in [0.25, 0.3) is 0 Å². The van der Waals surface area contributed by atoms with E-state index >= 15 is 0 Å². The van der Waals surface area contributed by atoms with E-state index in [0.29, 0.717) is 0 Å². The highest BCUT2D eigenvalue weighted by atomic mass is 28.3. The maximum atomic E-state index is 2.50. The van der Waals surface area contributed by atoms with E-state index in [4.69, 9.17) is 0 Å². The Balaban J connectivity index is 0.915. The van der Waals surface area contributed by atoms with Crippen molar-refractivity contribution in [3.8, 4) is 16.8 Å². The number of fused-ring (bicyclic) bond motifs is 5. The molecule has 1 aromatic heterocycles. The van der Waals surface area contributed by atoms with Crippen LogP contribution in [0.3, 0.4) is 0 Å². The summed E-state index contributed by atoms with van der Waals surface area (Å²) < 4.78 is 2.50. The zero-order chi connectivity index (χ0) is 59.5. The van der Waals surface area contributed by atoms with Crippen LogP contribution in [0.2, 0.25) is 0 Å². The molecule has 2 heterocycles. The molecule has 15 rings (SSSR count). The zero-order valence-corrected chi connectivity index (χ0v) is 52.2.